The van der Waals surface area contributed by atoms with Gasteiger partial charge in [0.2, 0.25) is 4.96 Å². The minimum absolute atomic E-state index is 0.144. The summed E-state index contributed by atoms with van der Waals surface area (Å²) in [4.78, 5) is 29.6. The lowest BCUT2D eigenvalue weighted by atomic mass is 10.0. The number of benzene rings is 3. The Morgan fingerprint density at radius 1 is 0.967 bits per heavy atom. The maximum atomic E-state index is 13.1. The molecule has 5 aromatic rings. The molecule has 7 heteroatoms. The number of thiazole rings is 1. The summed E-state index contributed by atoms with van der Waals surface area (Å²) in [5, 5.41) is 6.35. The molecule has 0 spiro atoms. The Bertz CT molecular complexity index is 1570. The van der Waals surface area contributed by atoms with Crippen LogP contribution in [0.3, 0.4) is 0 Å². The topological polar surface area (TPSA) is 64.3 Å². The Labute approximate surface area is 173 Å². The normalized spacial score (nSPS) is 12.1. The van der Waals surface area contributed by atoms with Crippen molar-refractivity contribution < 1.29 is 4.39 Å². The highest BCUT2D eigenvalue weighted by atomic mass is 32.1. The van der Waals surface area contributed by atoms with E-state index >= 15 is 0 Å². The third-order valence-corrected chi connectivity index (χ3v) is 5.80. The summed E-state index contributed by atoms with van der Waals surface area (Å²) in [7, 11) is 0. The second-order valence-electron chi connectivity index (χ2n) is 6.85. The monoisotopic (exact) mass is 415 g/mol. The molecule has 0 bridgehead atoms. The fourth-order valence-corrected chi connectivity index (χ4v) is 4.26. The molecule has 0 saturated heterocycles. The summed E-state index contributed by atoms with van der Waals surface area (Å²) >= 11 is 1.13. The molecule has 0 fully saturated rings. The quantitative estimate of drug-likeness (QED) is 0.455. The Hall–Kier alpha value is -3.71. The lowest BCUT2D eigenvalue weighted by Gasteiger charge is -2.00. The molecule has 0 aliphatic carbocycles. The molecule has 0 aliphatic heterocycles. The lowest BCUT2D eigenvalue weighted by molar-refractivity contribution is 0.627. The molecule has 3 aromatic carbocycles. The SMILES string of the molecule is O=c1nc2s/c(=C\c3cccc4ccccc34)c(=O)n2nc1Cc1ccc(F)cc1. The van der Waals surface area contributed by atoms with E-state index in [4.69, 9.17) is 0 Å². The first kappa shape index (κ1) is 18.3. The van der Waals surface area contributed by atoms with Crippen molar-refractivity contribution in [2.45, 2.75) is 6.42 Å². The molecule has 5 nitrogen and oxygen atoms in total. The standard InChI is InChI=1S/C23H14FN3O2S/c24-17-10-8-14(9-11-17)12-19-21(28)25-23-27(26-19)22(29)20(30-23)13-16-6-3-5-15-4-1-2-7-18(15)16/h1-11,13H,12H2/b20-13-. The van der Waals surface area contributed by atoms with Gasteiger partial charge < -0.3 is 0 Å². The molecule has 0 radical (unpaired) electrons. The number of hydrogen-bond donors (Lipinski definition) is 0. The molecule has 0 saturated carbocycles. The Kier molecular flexibility index (Phi) is 4.44. The average Bonchev–Trinajstić information content (AvgIpc) is 3.04. The summed E-state index contributed by atoms with van der Waals surface area (Å²) in [6.07, 6.45) is 1.97. The first-order valence-corrected chi connectivity index (χ1v) is 10.1. The van der Waals surface area contributed by atoms with E-state index in [2.05, 4.69) is 10.1 Å². The second-order valence-corrected chi connectivity index (χ2v) is 7.85. The predicted molar refractivity (Wildman–Crippen MR) is 115 cm³/mol. The van der Waals surface area contributed by atoms with Crippen molar-refractivity contribution in [1.29, 1.82) is 0 Å². The van der Waals surface area contributed by atoms with Gasteiger partial charge in [-0.2, -0.15) is 14.6 Å². The number of halogens is 1. The third kappa shape index (κ3) is 3.29. The summed E-state index contributed by atoms with van der Waals surface area (Å²) in [6.45, 7) is 0. The fourth-order valence-electron chi connectivity index (χ4n) is 3.37. The number of nitrogens with zero attached hydrogens (tertiary/aromatic N) is 3. The largest absolute Gasteiger partial charge is 0.296 e. The van der Waals surface area contributed by atoms with Crippen LogP contribution in [-0.2, 0) is 6.42 Å². The molecule has 30 heavy (non-hydrogen) atoms. The van der Waals surface area contributed by atoms with Crippen LogP contribution >= 0.6 is 11.3 Å². The zero-order valence-corrected chi connectivity index (χ0v) is 16.4. The Morgan fingerprint density at radius 3 is 2.57 bits per heavy atom. The smallest absolute Gasteiger partial charge is 0.266 e. The predicted octanol–water partition coefficient (Wildman–Crippen LogP) is 2.94. The van der Waals surface area contributed by atoms with Crippen molar-refractivity contribution in [1.82, 2.24) is 14.6 Å². The molecule has 0 amide bonds. The molecule has 0 atom stereocenters. The number of fused-ring (bicyclic) bond motifs is 2. The minimum atomic E-state index is -0.489. The van der Waals surface area contributed by atoms with Crippen LogP contribution in [0.4, 0.5) is 4.39 Å². The molecule has 0 N–H and O–H groups in total. The molecule has 0 aliphatic rings. The van der Waals surface area contributed by atoms with Gasteiger partial charge in [0.25, 0.3) is 11.1 Å². The zero-order valence-electron chi connectivity index (χ0n) is 15.6. The Morgan fingerprint density at radius 2 is 1.73 bits per heavy atom. The van der Waals surface area contributed by atoms with Crippen LogP contribution in [-0.4, -0.2) is 14.6 Å². The van der Waals surface area contributed by atoms with Gasteiger partial charge in [0.05, 0.1) is 4.53 Å². The van der Waals surface area contributed by atoms with Gasteiger partial charge in [0, 0.05) is 6.42 Å². The highest BCUT2D eigenvalue weighted by molar-refractivity contribution is 7.15. The molecule has 2 heterocycles. The van der Waals surface area contributed by atoms with E-state index in [-0.39, 0.29) is 28.5 Å². The average molecular weight is 415 g/mol. The molecular formula is C23H14FN3O2S. The van der Waals surface area contributed by atoms with E-state index in [0.29, 0.717) is 10.1 Å². The fraction of sp³-hybridized carbons (Fsp3) is 0.0435. The zero-order chi connectivity index (χ0) is 20.7. The third-order valence-electron chi connectivity index (χ3n) is 4.85. The van der Waals surface area contributed by atoms with Crippen LogP contribution in [0.5, 0.6) is 0 Å². The van der Waals surface area contributed by atoms with Gasteiger partial charge in [-0.1, -0.05) is 65.9 Å². The first-order valence-electron chi connectivity index (χ1n) is 9.25. The maximum Gasteiger partial charge on any atom is 0.296 e. The van der Waals surface area contributed by atoms with E-state index in [1.165, 1.54) is 16.6 Å². The van der Waals surface area contributed by atoms with Crippen LogP contribution in [0, 0.1) is 5.82 Å². The Balaban J connectivity index is 1.64. The first-order chi connectivity index (χ1) is 14.6. The van der Waals surface area contributed by atoms with E-state index in [0.717, 1.165) is 27.7 Å². The van der Waals surface area contributed by atoms with Gasteiger partial charge in [0.1, 0.15) is 11.5 Å². The summed E-state index contributed by atoms with van der Waals surface area (Å²) in [5.41, 5.74) is 0.956. The van der Waals surface area contributed by atoms with Crippen molar-refractivity contribution in [3.8, 4) is 0 Å². The highest BCUT2D eigenvalue weighted by Gasteiger charge is 2.12. The summed E-state index contributed by atoms with van der Waals surface area (Å²) in [5.74, 6) is -0.356. The van der Waals surface area contributed by atoms with E-state index in [1.54, 1.807) is 18.2 Å². The molecule has 0 unspecified atom stereocenters. The van der Waals surface area contributed by atoms with Crippen LogP contribution < -0.4 is 15.7 Å². The van der Waals surface area contributed by atoms with E-state index in [9.17, 15) is 14.0 Å². The number of hydrogen-bond acceptors (Lipinski definition) is 5. The van der Waals surface area contributed by atoms with Crippen LogP contribution in [0.2, 0.25) is 0 Å². The van der Waals surface area contributed by atoms with Gasteiger partial charge in [-0.05, 0) is 40.1 Å². The van der Waals surface area contributed by atoms with Gasteiger partial charge in [-0.15, -0.1) is 0 Å². The van der Waals surface area contributed by atoms with Gasteiger partial charge in [-0.3, -0.25) is 9.59 Å². The lowest BCUT2D eigenvalue weighted by Crippen LogP contribution is -2.28. The maximum absolute atomic E-state index is 13.1. The number of aromatic nitrogens is 3. The van der Waals surface area contributed by atoms with Crippen LogP contribution in [0.25, 0.3) is 21.8 Å². The van der Waals surface area contributed by atoms with Crippen LogP contribution in [0.15, 0.2) is 76.3 Å². The van der Waals surface area contributed by atoms with Crippen molar-refractivity contribution in [2.24, 2.45) is 0 Å². The molecule has 2 aromatic heterocycles. The van der Waals surface area contributed by atoms with Crippen molar-refractivity contribution in [3.05, 3.63) is 115 Å². The summed E-state index contributed by atoms with van der Waals surface area (Å²) < 4.78 is 14.7. The van der Waals surface area contributed by atoms with Crippen molar-refractivity contribution >= 4 is 33.1 Å². The summed E-state index contributed by atoms with van der Waals surface area (Å²) in [6, 6.07) is 19.6. The van der Waals surface area contributed by atoms with Gasteiger partial charge >= 0.3 is 0 Å². The van der Waals surface area contributed by atoms with E-state index < -0.39 is 5.56 Å². The molecule has 5 rings (SSSR count). The van der Waals surface area contributed by atoms with Gasteiger partial charge in [0.15, 0.2) is 0 Å². The molecule has 146 valence electrons. The highest BCUT2D eigenvalue weighted by Crippen LogP contribution is 2.19. The van der Waals surface area contributed by atoms with E-state index in [1.807, 2.05) is 42.5 Å². The molecular weight excluding hydrogens is 401 g/mol. The van der Waals surface area contributed by atoms with Crippen molar-refractivity contribution in [2.75, 3.05) is 0 Å². The van der Waals surface area contributed by atoms with Crippen molar-refractivity contribution in [3.63, 3.8) is 0 Å². The number of rotatable bonds is 3. The minimum Gasteiger partial charge on any atom is -0.266 e. The van der Waals surface area contributed by atoms with Gasteiger partial charge in [-0.25, -0.2) is 4.39 Å². The van der Waals surface area contributed by atoms with Crippen LogP contribution in [0.1, 0.15) is 16.8 Å². The second kappa shape index (κ2) is 7.27.